The average molecular weight is 330 g/mol. The molecule has 0 bridgehead atoms. The molecule has 0 spiro atoms. The van der Waals surface area contributed by atoms with E-state index < -0.39 is 11.9 Å². The highest BCUT2D eigenvalue weighted by atomic mass is 16.5. The molecule has 1 aromatic carbocycles. The average Bonchev–Trinajstić information content (AvgIpc) is 2.61. The van der Waals surface area contributed by atoms with Gasteiger partial charge in [0.05, 0.1) is 14.2 Å². The number of rotatable bonds is 6. The number of methoxy groups -OCH3 is 2. The van der Waals surface area contributed by atoms with Crippen molar-refractivity contribution in [2.75, 3.05) is 26.5 Å². The minimum absolute atomic E-state index is 0.00471. The molecule has 0 saturated carbocycles. The molecular weight excluding hydrogens is 312 g/mol. The van der Waals surface area contributed by atoms with Gasteiger partial charge in [-0.3, -0.25) is 9.59 Å². The monoisotopic (exact) mass is 330 g/mol. The van der Waals surface area contributed by atoms with Crippen LogP contribution >= 0.6 is 0 Å². The lowest BCUT2D eigenvalue weighted by atomic mass is 10.2. The minimum atomic E-state index is -0.542. The van der Waals surface area contributed by atoms with Crippen molar-refractivity contribution >= 4 is 17.7 Å². The first-order valence-corrected chi connectivity index (χ1v) is 7.10. The Morgan fingerprint density at radius 1 is 1.12 bits per heavy atom. The molecule has 8 nitrogen and oxygen atoms in total. The van der Waals surface area contributed by atoms with Crippen molar-refractivity contribution in [1.29, 1.82) is 0 Å². The van der Waals surface area contributed by atoms with E-state index in [4.69, 9.17) is 10.5 Å². The molecule has 0 aliphatic heterocycles. The highest BCUT2D eigenvalue weighted by Crippen LogP contribution is 2.15. The smallest absolute Gasteiger partial charge is 0.325 e. The molecule has 24 heavy (non-hydrogen) atoms. The molecule has 0 aliphatic rings. The minimum Gasteiger partial charge on any atom is -0.497 e. The van der Waals surface area contributed by atoms with Gasteiger partial charge in [-0.1, -0.05) is 12.1 Å². The molecule has 0 fully saturated rings. The summed E-state index contributed by atoms with van der Waals surface area (Å²) in [5.41, 5.74) is 6.51. The molecule has 1 heterocycles. The molecule has 0 radical (unpaired) electrons. The number of aromatic nitrogens is 2. The Bertz CT molecular complexity index is 718. The van der Waals surface area contributed by atoms with Crippen LogP contribution in [-0.2, 0) is 16.1 Å². The Kier molecular flexibility index (Phi) is 5.67. The zero-order valence-corrected chi connectivity index (χ0v) is 13.4. The molecule has 126 valence electrons. The molecule has 0 saturated heterocycles. The highest BCUT2D eigenvalue weighted by Gasteiger charge is 2.23. The molecule has 2 rings (SSSR count). The second-order valence-electron chi connectivity index (χ2n) is 4.88. The maximum absolute atomic E-state index is 12.7. The second kappa shape index (κ2) is 7.91. The standard InChI is InChI=1S/C16H18N4O4/c1-23-12-5-3-11(4-6-12)9-20(10-13(21)24-2)16(22)14-15(17)19-8-7-18-14/h3-8H,9-10H2,1-2H3,(H2,17,19). The van der Waals surface area contributed by atoms with Crippen molar-refractivity contribution in [3.8, 4) is 5.75 Å². The van der Waals surface area contributed by atoms with Gasteiger partial charge in [0.1, 0.15) is 12.3 Å². The van der Waals surface area contributed by atoms with Crippen molar-refractivity contribution in [2.24, 2.45) is 0 Å². The summed E-state index contributed by atoms with van der Waals surface area (Å²) in [7, 11) is 2.83. The zero-order chi connectivity index (χ0) is 17.5. The lowest BCUT2D eigenvalue weighted by Gasteiger charge is -2.21. The van der Waals surface area contributed by atoms with E-state index in [1.54, 1.807) is 31.4 Å². The van der Waals surface area contributed by atoms with Crippen LogP contribution in [0.5, 0.6) is 5.75 Å². The van der Waals surface area contributed by atoms with Crippen LogP contribution in [0, 0.1) is 0 Å². The zero-order valence-electron chi connectivity index (χ0n) is 13.4. The first kappa shape index (κ1) is 17.2. The topological polar surface area (TPSA) is 108 Å². The molecule has 1 amide bonds. The van der Waals surface area contributed by atoms with Gasteiger partial charge in [0.2, 0.25) is 0 Å². The molecule has 1 aromatic heterocycles. The van der Waals surface area contributed by atoms with E-state index in [0.717, 1.165) is 5.56 Å². The number of carbonyl (C=O) groups excluding carboxylic acids is 2. The number of hydrogen-bond donors (Lipinski definition) is 1. The Balaban J connectivity index is 2.24. The fraction of sp³-hybridized carbons (Fsp3) is 0.250. The highest BCUT2D eigenvalue weighted by molar-refractivity contribution is 5.97. The van der Waals surface area contributed by atoms with Gasteiger partial charge in [0.15, 0.2) is 11.5 Å². The summed E-state index contributed by atoms with van der Waals surface area (Å²) in [6.45, 7) is -0.0364. The van der Waals surface area contributed by atoms with Gasteiger partial charge in [-0.05, 0) is 17.7 Å². The van der Waals surface area contributed by atoms with E-state index in [2.05, 4.69) is 14.7 Å². The number of ether oxygens (including phenoxy) is 2. The van der Waals surface area contributed by atoms with Crippen LogP contribution in [0.4, 0.5) is 5.82 Å². The summed E-state index contributed by atoms with van der Waals surface area (Å²) in [5, 5.41) is 0. The van der Waals surface area contributed by atoms with E-state index >= 15 is 0 Å². The number of nitrogens with zero attached hydrogens (tertiary/aromatic N) is 3. The third-order valence-electron chi connectivity index (χ3n) is 3.30. The summed E-state index contributed by atoms with van der Waals surface area (Å²) in [4.78, 5) is 33.4. The SMILES string of the molecule is COC(=O)CN(Cc1ccc(OC)cc1)C(=O)c1nccnc1N. The Labute approximate surface area is 139 Å². The summed E-state index contributed by atoms with van der Waals surface area (Å²) >= 11 is 0. The largest absolute Gasteiger partial charge is 0.497 e. The van der Waals surface area contributed by atoms with Gasteiger partial charge < -0.3 is 20.1 Å². The number of nitrogens with two attached hydrogens (primary N) is 1. The molecule has 8 heteroatoms. The van der Waals surface area contributed by atoms with Gasteiger partial charge in [-0.2, -0.15) is 0 Å². The van der Waals surface area contributed by atoms with E-state index in [1.165, 1.54) is 24.4 Å². The number of carbonyl (C=O) groups is 2. The molecule has 0 aliphatic carbocycles. The molecule has 0 unspecified atom stereocenters. The van der Waals surface area contributed by atoms with Crippen LogP contribution in [0.2, 0.25) is 0 Å². The lowest BCUT2D eigenvalue weighted by molar-refractivity contribution is -0.141. The first-order valence-electron chi connectivity index (χ1n) is 7.10. The summed E-state index contributed by atoms with van der Waals surface area (Å²) in [6, 6.07) is 7.15. The first-order chi connectivity index (χ1) is 11.5. The van der Waals surface area contributed by atoms with Crippen LogP contribution in [0.3, 0.4) is 0 Å². The maximum atomic E-state index is 12.7. The van der Waals surface area contributed by atoms with E-state index in [9.17, 15) is 9.59 Å². The third kappa shape index (κ3) is 4.19. The summed E-state index contributed by atoms with van der Waals surface area (Å²) in [6.07, 6.45) is 2.76. The summed E-state index contributed by atoms with van der Waals surface area (Å²) in [5.74, 6) is -0.337. The number of amides is 1. The van der Waals surface area contributed by atoms with Crippen LogP contribution in [0.15, 0.2) is 36.7 Å². The Hall–Kier alpha value is -3.16. The molecule has 2 N–H and O–H groups in total. The second-order valence-corrected chi connectivity index (χ2v) is 4.88. The third-order valence-corrected chi connectivity index (χ3v) is 3.30. The van der Waals surface area contributed by atoms with Gasteiger partial charge in [0.25, 0.3) is 5.91 Å². The number of nitrogen functional groups attached to an aromatic ring is 1. The van der Waals surface area contributed by atoms with Crippen molar-refractivity contribution in [1.82, 2.24) is 14.9 Å². The van der Waals surface area contributed by atoms with Crippen molar-refractivity contribution in [2.45, 2.75) is 6.54 Å². The molecule has 0 atom stereocenters. The maximum Gasteiger partial charge on any atom is 0.325 e. The van der Waals surface area contributed by atoms with Crippen LogP contribution in [0.1, 0.15) is 16.1 Å². The van der Waals surface area contributed by atoms with E-state index in [1.807, 2.05) is 0 Å². The molecule has 2 aromatic rings. The van der Waals surface area contributed by atoms with Gasteiger partial charge in [0, 0.05) is 18.9 Å². The van der Waals surface area contributed by atoms with E-state index in [-0.39, 0.29) is 24.6 Å². The van der Waals surface area contributed by atoms with Crippen molar-refractivity contribution in [3.63, 3.8) is 0 Å². The van der Waals surface area contributed by atoms with Gasteiger partial charge in [-0.25, -0.2) is 9.97 Å². The van der Waals surface area contributed by atoms with Crippen LogP contribution < -0.4 is 10.5 Å². The predicted molar refractivity (Wildman–Crippen MR) is 86.2 cm³/mol. The van der Waals surface area contributed by atoms with Crippen molar-refractivity contribution < 1.29 is 19.1 Å². The van der Waals surface area contributed by atoms with Gasteiger partial charge >= 0.3 is 5.97 Å². The quantitative estimate of drug-likeness (QED) is 0.783. The number of esters is 1. The molecular formula is C16H18N4O4. The van der Waals surface area contributed by atoms with E-state index in [0.29, 0.717) is 5.75 Å². The number of anilines is 1. The fourth-order valence-corrected chi connectivity index (χ4v) is 2.03. The van der Waals surface area contributed by atoms with Crippen molar-refractivity contribution in [3.05, 3.63) is 47.9 Å². The summed E-state index contributed by atoms with van der Waals surface area (Å²) < 4.78 is 9.75. The Morgan fingerprint density at radius 3 is 2.38 bits per heavy atom. The van der Waals surface area contributed by atoms with Crippen LogP contribution in [-0.4, -0.2) is 47.5 Å². The van der Waals surface area contributed by atoms with Gasteiger partial charge in [-0.15, -0.1) is 0 Å². The normalized spacial score (nSPS) is 10.1. The van der Waals surface area contributed by atoms with Crippen LogP contribution in [0.25, 0.3) is 0 Å². The number of hydrogen-bond acceptors (Lipinski definition) is 7. The predicted octanol–water partition coefficient (Wildman–Crippen LogP) is 0.883. The number of benzene rings is 1. The lowest BCUT2D eigenvalue weighted by Crippen LogP contribution is -2.36. The fourth-order valence-electron chi connectivity index (χ4n) is 2.03. The Morgan fingerprint density at radius 2 is 1.79 bits per heavy atom.